The van der Waals surface area contributed by atoms with Crippen LogP contribution in [0.25, 0.3) is 0 Å². The number of carboxylic acids is 1. The highest BCUT2D eigenvalue weighted by Gasteiger charge is 2.45. The van der Waals surface area contributed by atoms with E-state index in [-0.39, 0.29) is 17.4 Å². The van der Waals surface area contributed by atoms with E-state index in [0.29, 0.717) is 41.3 Å². The van der Waals surface area contributed by atoms with Crippen molar-refractivity contribution in [3.8, 4) is 0 Å². The third-order valence-corrected chi connectivity index (χ3v) is 6.63. The topological polar surface area (TPSA) is 176 Å². The number of nitrogen functional groups attached to an aromatic ring is 1. The van der Waals surface area contributed by atoms with Gasteiger partial charge in [0, 0.05) is 30.9 Å². The third-order valence-electron chi connectivity index (χ3n) is 6.63. The third kappa shape index (κ3) is 4.93. The molecule has 2 fully saturated rings. The molecule has 2 aliphatic rings. The first-order chi connectivity index (χ1) is 16.0. The SMILES string of the molecule is C[C@H](N)C(=O)N1CCC[C@H]1C(=O)[N+](=CC(=O)O)C(=O)c1c(C2CCCCC2)c(C(=N)N)cn1C. The van der Waals surface area contributed by atoms with Gasteiger partial charge in [-0.2, -0.15) is 0 Å². The summed E-state index contributed by atoms with van der Waals surface area (Å²) in [5.74, 6) is -3.73. The highest BCUT2D eigenvalue weighted by atomic mass is 16.4. The van der Waals surface area contributed by atoms with Gasteiger partial charge < -0.3 is 26.0 Å². The van der Waals surface area contributed by atoms with Crippen molar-refractivity contribution in [3.05, 3.63) is 23.0 Å². The van der Waals surface area contributed by atoms with E-state index in [1.165, 1.54) is 16.4 Å². The summed E-state index contributed by atoms with van der Waals surface area (Å²) in [6.07, 6.45) is 7.57. The molecule has 3 rings (SSSR count). The zero-order chi connectivity index (χ0) is 25.2. The number of carbonyl (C=O) groups excluding carboxylic acids is 3. The number of aryl methyl sites for hydroxylation is 1. The lowest BCUT2D eigenvalue weighted by Crippen LogP contribution is -2.51. The van der Waals surface area contributed by atoms with Gasteiger partial charge in [0.25, 0.3) is 6.21 Å². The van der Waals surface area contributed by atoms with Crippen LogP contribution >= 0.6 is 0 Å². The highest BCUT2D eigenvalue weighted by Crippen LogP contribution is 2.37. The van der Waals surface area contributed by atoms with E-state index < -0.39 is 35.8 Å². The zero-order valence-electron chi connectivity index (χ0n) is 19.6. The molecule has 0 unspecified atom stereocenters. The van der Waals surface area contributed by atoms with Crippen LogP contribution in [0.3, 0.4) is 0 Å². The van der Waals surface area contributed by atoms with Crippen LogP contribution in [-0.2, 0) is 21.4 Å². The highest BCUT2D eigenvalue weighted by molar-refractivity contribution is 6.22. The van der Waals surface area contributed by atoms with E-state index in [2.05, 4.69) is 0 Å². The number of amidine groups is 1. The van der Waals surface area contributed by atoms with E-state index in [1.807, 2.05) is 0 Å². The van der Waals surface area contributed by atoms with Crippen molar-refractivity contribution < 1.29 is 28.9 Å². The van der Waals surface area contributed by atoms with Crippen LogP contribution in [0.1, 0.15) is 79.4 Å². The lowest BCUT2D eigenvalue weighted by molar-refractivity contribution is -0.360. The molecular formula is C23H33N6O5+. The molecule has 1 aliphatic heterocycles. The molecule has 3 amide bonds. The smallest absolute Gasteiger partial charge is 0.444 e. The van der Waals surface area contributed by atoms with Gasteiger partial charge in [0.15, 0.2) is 11.7 Å². The maximum absolute atomic E-state index is 13.8. The minimum atomic E-state index is -1.47. The number of nitrogens with zero attached hydrogens (tertiary/aromatic N) is 3. The van der Waals surface area contributed by atoms with E-state index in [0.717, 1.165) is 32.1 Å². The van der Waals surface area contributed by atoms with Crippen molar-refractivity contribution in [2.24, 2.45) is 18.5 Å². The first-order valence-electron chi connectivity index (χ1n) is 11.6. The number of carboxylic acid groups (broad SMARTS) is 1. The summed E-state index contributed by atoms with van der Waals surface area (Å²) < 4.78 is 2.09. The predicted molar refractivity (Wildman–Crippen MR) is 124 cm³/mol. The Kier molecular flexibility index (Phi) is 7.65. The fourth-order valence-corrected chi connectivity index (χ4v) is 5.09. The van der Waals surface area contributed by atoms with Gasteiger partial charge in [0.2, 0.25) is 5.91 Å². The Labute approximate surface area is 197 Å². The van der Waals surface area contributed by atoms with Gasteiger partial charge in [-0.1, -0.05) is 23.8 Å². The molecule has 1 saturated carbocycles. The number of aliphatic carboxylic acids is 1. The normalized spacial score (nSPS) is 20.3. The molecule has 1 aliphatic carbocycles. The number of imide groups is 1. The van der Waals surface area contributed by atoms with Gasteiger partial charge in [-0.05, 0) is 38.5 Å². The number of nitrogens with one attached hydrogen (secondary N) is 1. The van der Waals surface area contributed by atoms with E-state index >= 15 is 0 Å². The van der Waals surface area contributed by atoms with E-state index in [4.69, 9.17) is 16.9 Å². The molecule has 11 heteroatoms. The number of nitrogens with two attached hydrogens (primary N) is 2. The molecule has 1 saturated heterocycles. The van der Waals surface area contributed by atoms with Crippen molar-refractivity contribution >= 4 is 35.7 Å². The number of aromatic nitrogens is 1. The Bertz CT molecular complexity index is 1050. The second kappa shape index (κ2) is 10.3. The molecule has 11 nitrogen and oxygen atoms in total. The largest absolute Gasteiger partial charge is 0.474 e. The van der Waals surface area contributed by atoms with Crippen LogP contribution in [0.15, 0.2) is 6.20 Å². The number of hydrogen-bond donors (Lipinski definition) is 4. The average molecular weight is 474 g/mol. The van der Waals surface area contributed by atoms with Gasteiger partial charge in [0.05, 0.1) is 6.04 Å². The number of rotatable bonds is 6. The second-order valence-corrected chi connectivity index (χ2v) is 9.12. The summed E-state index contributed by atoms with van der Waals surface area (Å²) in [6, 6.07) is -1.81. The minimum absolute atomic E-state index is 0.0303. The van der Waals surface area contributed by atoms with Gasteiger partial charge >= 0.3 is 17.8 Å². The van der Waals surface area contributed by atoms with Gasteiger partial charge in [0.1, 0.15) is 5.84 Å². The Morgan fingerprint density at radius 1 is 1.18 bits per heavy atom. The maximum Gasteiger partial charge on any atom is 0.444 e. The molecule has 184 valence electrons. The summed E-state index contributed by atoms with van der Waals surface area (Å²) in [7, 11) is 1.61. The molecule has 2 heterocycles. The minimum Gasteiger partial charge on any atom is -0.474 e. The van der Waals surface area contributed by atoms with Crippen LogP contribution in [0.4, 0.5) is 0 Å². The lowest BCUT2D eigenvalue weighted by atomic mass is 9.82. The Morgan fingerprint density at radius 2 is 1.82 bits per heavy atom. The number of carbonyl (C=O) groups is 4. The first kappa shape index (κ1) is 25.3. The summed E-state index contributed by atoms with van der Waals surface area (Å²) >= 11 is 0. The summed E-state index contributed by atoms with van der Waals surface area (Å²) in [5.41, 5.74) is 12.7. The summed E-state index contributed by atoms with van der Waals surface area (Å²) in [6.45, 7) is 1.82. The van der Waals surface area contributed by atoms with E-state index in [1.54, 1.807) is 13.2 Å². The van der Waals surface area contributed by atoms with Crippen molar-refractivity contribution in [3.63, 3.8) is 0 Å². The van der Waals surface area contributed by atoms with Crippen LogP contribution in [0.2, 0.25) is 0 Å². The molecule has 1 aromatic heterocycles. The fraction of sp³-hybridized carbons (Fsp3) is 0.565. The van der Waals surface area contributed by atoms with Crippen LogP contribution in [-0.4, -0.2) is 73.5 Å². The number of amides is 3. The van der Waals surface area contributed by atoms with Gasteiger partial charge in [-0.15, -0.1) is 0 Å². The van der Waals surface area contributed by atoms with Crippen LogP contribution in [0, 0.1) is 5.41 Å². The standard InChI is InChI=1S/C23H32N6O5/c1-13(24)21(32)28-10-6-9-16(28)22(33)29(12-17(30)31)23(34)19-18(14-7-4-3-5-8-14)15(20(25)26)11-27(19)2/h11-14,16H,3-10,24H2,1-2H3,(H3-,25,26,30,31)/p+1/t13-,16-/m0/s1. The van der Waals surface area contributed by atoms with Crippen molar-refractivity contribution in [1.82, 2.24) is 9.47 Å². The first-order valence-corrected chi connectivity index (χ1v) is 11.6. The van der Waals surface area contributed by atoms with Crippen molar-refractivity contribution in [2.45, 2.75) is 69.9 Å². The molecule has 0 aromatic carbocycles. The monoisotopic (exact) mass is 473 g/mol. The van der Waals surface area contributed by atoms with E-state index in [9.17, 15) is 24.3 Å². The Morgan fingerprint density at radius 3 is 2.38 bits per heavy atom. The molecule has 6 N–H and O–H groups in total. The quantitative estimate of drug-likeness (QED) is 0.202. The maximum atomic E-state index is 13.8. The predicted octanol–water partition coefficient (Wildman–Crippen LogP) is 0.530. The molecule has 0 bridgehead atoms. The molecule has 2 atom stereocenters. The van der Waals surface area contributed by atoms with Crippen molar-refractivity contribution in [2.75, 3.05) is 6.54 Å². The molecule has 1 aromatic rings. The zero-order valence-corrected chi connectivity index (χ0v) is 19.6. The summed E-state index contributed by atoms with van der Waals surface area (Å²) in [4.78, 5) is 52.7. The number of hydrogen-bond acceptors (Lipinski definition) is 6. The van der Waals surface area contributed by atoms with Gasteiger partial charge in [-0.25, -0.2) is 14.4 Å². The van der Waals surface area contributed by atoms with Crippen LogP contribution < -0.4 is 11.5 Å². The molecular weight excluding hydrogens is 440 g/mol. The lowest BCUT2D eigenvalue weighted by Gasteiger charge is -2.24. The van der Waals surface area contributed by atoms with Crippen LogP contribution in [0.5, 0.6) is 0 Å². The fourth-order valence-electron chi connectivity index (χ4n) is 5.09. The molecule has 0 radical (unpaired) electrons. The average Bonchev–Trinajstić information content (AvgIpc) is 3.41. The number of likely N-dealkylation sites (tertiary alicyclic amines) is 1. The summed E-state index contributed by atoms with van der Waals surface area (Å²) in [5, 5.41) is 17.5. The molecule has 0 spiro atoms. The second-order valence-electron chi connectivity index (χ2n) is 9.12. The Balaban J connectivity index is 2.08. The van der Waals surface area contributed by atoms with Gasteiger partial charge in [-0.3, -0.25) is 10.2 Å². The van der Waals surface area contributed by atoms with Crippen molar-refractivity contribution in [1.29, 1.82) is 5.41 Å². The molecule has 34 heavy (non-hydrogen) atoms. The Hall–Kier alpha value is -3.34.